The Morgan fingerprint density at radius 2 is 2.08 bits per heavy atom. The molecule has 1 aliphatic heterocycles. The second kappa shape index (κ2) is 9.74. The van der Waals surface area contributed by atoms with Gasteiger partial charge in [-0.2, -0.15) is 0 Å². The number of primary amides is 1. The summed E-state index contributed by atoms with van der Waals surface area (Å²) < 4.78 is 5.47. The van der Waals surface area contributed by atoms with Crippen LogP contribution >= 0.6 is 0 Å². The highest BCUT2D eigenvalue weighted by molar-refractivity contribution is 5.94. The fraction of sp³-hybridized carbons (Fsp3) is 0.765. The maximum atomic E-state index is 12.0. The third kappa shape index (κ3) is 6.57. The lowest BCUT2D eigenvalue weighted by Gasteiger charge is -2.20. The molecule has 1 fully saturated rings. The van der Waals surface area contributed by atoms with E-state index in [1.807, 2.05) is 25.9 Å². The number of carbonyl (C=O) groups excluding carboxylic acids is 3. The van der Waals surface area contributed by atoms with Crippen LogP contribution in [-0.2, 0) is 19.1 Å². The van der Waals surface area contributed by atoms with Crippen LogP contribution in [0.2, 0.25) is 0 Å². The highest BCUT2D eigenvalue weighted by atomic mass is 16.5. The number of amides is 2. The van der Waals surface area contributed by atoms with E-state index in [-0.39, 0.29) is 42.1 Å². The molecule has 1 saturated heterocycles. The zero-order chi connectivity index (χ0) is 18.3. The minimum Gasteiger partial charge on any atom is -0.369 e. The van der Waals surface area contributed by atoms with Gasteiger partial charge in [-0.05, 0) is 39.3 Å². The Hall–Kier alpha value is -1.47. The van der Waals surface area contributed by atoms with E-state index >= 15 is 0 Å². The molecule has 1 heterocycles. The maximum absolute atomic E-state index is 12.0. The van der Waals surface area contributed by atoms with Crippen molar-refractivity contribution in [1.82, 2.24) is 10.2 Å². The summed E-state index contributed by atoms with van der Waals surface area (Å²) in [6, 6.07) is -0.573. The molecule has 3 unspecified atom stereocenters. The monoisotopic (exact) mass is 340 g/mol. The van der Waals surface area contributed by atoms with Crippen LogP contribution in [0.25, 0.3) is 0 Å². The maximum Gasteiger partial charge on any atom is 0.224 e. The number of ketones is 1. The molecular weight excluding hydrogens is 310 g/mol. The minimum atomic E-state index is -0.573. The van der Waals surface area contributed by atoms with Gasteiger partial charge in [-0.15, -0.1) is 0 Å². The summed E-state index contributed by atoms with van der Waals surface area (Å²) >= 11 is 0. The molecule has 2 amide bonds. The van der Waals surface area contributed by atoms with Crippen LogP contribution < -0.4 is 11.1 Å². The molecule has 0 spiro atoms. The number of nitrogens with zero attached hydrogens (tertiary/aromatic N) is 1. The number of carbonyl (C=O) groups is 3. The third-order valence-electron chi connectivity index (χ3n) is 4.57. The van der Waals surface area contributed by atoms with Crippen molar-refractivity contribution >= 4 is 17.6 Å². The van der Waals surface area contributed by atoms with Crippen LogP contribution in [0, 0.1) is 18.3 Å². The summed E-state index contributed by atoms with van der Waals surface area (Å²) in [6.07, 6.45) is 3.17. The van der Waals surface area contributed by atoms with E-state index in [0.29, 0.717) is 19.3 Å². The van der Waals surface area contributed by atoms with Gasteiger partial charge in [0.15, 0.2) is 5.78 Å². The summed E-state index contributed by atoms with van der Waals surface area (Å²) in [6.45, 7) is 4.57. The van der Waals surface area contributed by atoms with Crippen LogP contribution in [0.4, 0.5) is 0 Å². The van der Waals surface area contributed by atoms with Gasteiger partial charge in [0.1, 0.15) is 12.6 Å². The first-order chi connectivity index (χ1) is 11.2. The molecule has 137 valence electrons. The summed E-state index contributed by atoms with van der Waals surface area (Å²) in [5.74, 6) is -0.800. The lowest BCUT2D eigenvalue weighted by Crippen LogP contribution is -2.45. The molecule has 1 radical (unpaired) electrons. The number of rotatable bonds is 10. The van der Waals surface area contributed by atoms with Crippen LogP contribution in [0.15, 0.2) is 0 Å². The van der Waals surface area contributed by atoms with Crippen molar-refractivity contribution < 1.29 is 19.1 Å². The molecule has 1 rings (SSSR count). The summed E-state index contributed by atoms with van der Waals surface area (Å²) in [5.41, 5.74) is 5.27. The summed E-state index contributed by atoms with van der Waals surface area (Å²) in [4.78, 5) is 37.1. The number of nitrogens with two attached hydrogens (primary N) is 1. The van der Waals surface area contributed by atoms with Crippen LogP contribution in [0.5, 0.6) is 0 Å². The molecule has 0 bridgehead atoms. The van der Waals surface area contributed by atoms with Gasteiger partial charge in [-0.3, -0.25) is 14.4 Å². The lowest BCUT2D eigenvalue weighted by atomic mass is 9.90. The standard InChI is InChI=1S/C17H30N3O4/c1-11(12(2)17(18)23)6-5-7-15(22)19-16-13(21)10-24-14(16)8-9-20(3)4/h7,11-12,14,16H,5-6,8-10H2,1-4H3,(H2,18,23)(H,19,22)/t11?,12?,14-,16?/m0/s1. The molecular formula is C17H30N3O4. The van der Waals surface area contributed by atoms with Crippen LogP contribution in [0.1, 0.15) is 33.1 Å². The quantitative estimate of drug-likeness (QED) is 0.589. The molecule has 0 aromatic carbocycles. The van der Waals surface area contributed by atoms with Gasteiger partial charge in [0.2, 0.25) is 11.8 Å². The van der Waals surface area contributed by atoms with Crippen molar-refractivity contribution in [3.05, 3.63) is 6.42 Å². The molecule has 0 aromatic rings. The summed E-state index contributed by atoms with van der Waals surface area (Å²) in [5, 5.41) is 2.75. The number of Topliss-reactive ketones (excluding diaryl/α,β-unsaturated/α-hetero) is 1. The van der Waals surface area contributed by atoms with Crippen molar-refractivity contribution in [3.63, 3.8) is 0 Å². The number of hydrogen-bond donors (Lipinski definition) is 2. The Labute approximate surface area is 144 Å². The van der Waals surface area contributed by atoms with Crippen molar-refractivity contribution in [2.24, 2.45) is 17.6 Å². The molecule has 0 aliphatic carbocycles. The molecule has 0 aromatic heterocycles. The van der Waals surface area contributed by atoms with Crippen molar-refractivity contribution in [2.45, 2.75) is 45.3 Å². The van der Waals surface area contributed by atoms with E-state index in [2.05, 4.69) is 5.32 Å². The smallest absolute Gasteiger partial charge is 0.224 e. The average molecular weight is 340 g/mol. The Bertz CT molecular complexity index is 453. The molecule has 24 heavy (non-hydrogen) atoms. The number of ether oxygens (including phenoxy) is 1. The predicted molar refractivity (Wildman–Crippen MR) is 90.9 cm³/mol. The molecule has 7 nitrogen and oxygen atoms in total. The van der Waals surface area contributed by atoms with E-state index in [0.717, 1.165) is 6.54 Å². The van der Waals surface area contributed by atoms with Crippen molar-refractivity contribution in [1.29, 1.82) is 0 Å². The third-order valence-corrected chi connectivity index (χ3v) is 4.57. The van der Waals surface area contributed by atoms with Gasteiger partial charge in [-0.25, -0.2) is 0 Å². The highest BCUT2D eigenvalue weighted by Crippen LogP contribution is 2.18. The molecule has 0 saturated carbocycles. The SMILES string of the molecule is CC(CC[CH]C(=O)NC1C(=O)CO[C@H]1CCN(C)C)C(C)C(N)=O. The lowest BCUT2D eigenvalue weighted by molar-refractivity contribution is -0.124. The average Bonchev–Trinajstić information content (AvgIpc) is 2.84. The second-order valence-corrected chi connectivity index (χ2v) is 6.84. The first kappa shape index (κ1) is 20.6. The molecule has 1 aliphatic rings. The van der Waals surface area contributed by atoms with E-state index in [1.54, 1.807) is 6.92 Å². The molecule has 3 N–H and O–H groups in total. The van der Waals surface area contributed by atoms with E-state index in [9.17, 15) is 14.4 Å². The number of nitrogens with one attached hydrogen (secondary N) is 1. The fourth-order valence-corrected chi connectivity index (χ4v) is 2.61. The van der Waals surface area contributed by atoms with Gasteiger partial charge in [0.25, 0.3) is 0 Å². The highest BCUT2D eigenvalue weighted by Gasteiger charge is 2.36. The van der Waals surface area contributed by atoms with E-state index < -0.39 is 6.04 Å². The van der Waals surface area contributed by atoms with Gasteiger partial charge in [-0.1, -0.05) is 13.8 Å². The van der Waals surface area contributed by atoms with Crippen molar-refractivity contribution in [2.75, 3.05) is 27.2 Å². The molecule has 4 atom stereocenters. The molecule has 7 heteroatoms. The van der Waals surface area contributed by atoms with Crippen molar-refractivity contribution in [3.8, 4) is 0 Å². The second-order valence-electron chi connectivity index (χ2n) is 6.84. The Morgan fingerprint density at radius 1 is 1.42 bits per heavy atom. The fourth-order valence-electron chi connectivity index (χ4n) is 2.61. The number of hydrogen-bond acceptors (Lipinski definition) is 5. The van der Waals surface area contributed by atoms with E-state index in [4.69, 9.17) is 10.5 Å². The first-order valence-corrected chi connectivity index (χ1v) is 8.44. The Kier molecular flexibility index (Phi) is 8.35. The van der Waals surface area contributed by atoms with Gasteiger partial charge in [0, 0.05) is 18.9 Å². The van der Waals surface area contributed by atoms with Crippen LogP contribution in [0.3, 0.4) is 0 Å². The topological polar surface area (TPSA) is 102 Å². The van der Waals surface area contributed by atoms with Gasteiger partial charge >= 0.3 is 0 Å². The minimum absolute atomic E-state index is 0.0518. The Morgan fingerprint density at radius 3 is 2.67 bits per heavy atom. The Balaban J connectivity index is 2.37. The zero-order valence-corrected chi connectivity index (χ0v) is 15.1. The van der Waals surface area contributed by atoms with E-state index in [1.165, 1.54) is 6.42 Å². The van der Waals surface area contributed by atoms with Gasteiger partial charge in [0.05, 0.1) is 6.10 Å². The normalized spacial score (nSPS) is 23.3. The van der Waals surface area contributed by atoms with Crippen LogP contribution in [-0.4, -0.2) is 61.9 Å². The zero-order valence-electron chi connectivity index (χ0n) is 15.1. The largest absolute Gasteiger partial charge is 0.369 e. The predicted octanol–water partition coefficient (Wildman–Crippen LogP) is 0.133. The van der Waals surface area contributed by atoms with Gasteiger partial charge < -0.3 is 20.7 Å². The summed E-state index contributed by atoms with van der Waals surface area (Å²) in [7, 11) is 3.90. The first-order valence-electron chi connectivity index (χ1n) is 8.44.